The third-order valence-electron chi connectivity index (χ3n) is 1.85. The fourth-order valence-electron chi connectivity index (χ4n) is 1.16. The molecule has 2 heterocycles. The lowest BCUT2D eigenvalue weighted by Crippen LogP contribution is -2.15. The van der Waals surface area contributed by atoms with Gasteiger partial charge in [-0.05, 0) is 6.07 Å². The molecule has 0 fully saturated rings. The van der Waals surface area contributed by atoms with E-state index >= 15 is 0 Å². The van der Waals surface area contributed by atoms with Crippen LogP contribution in [0.4, 0.5) is 0 Å². The summed E-state index contributed by atoms with van der Waals surface area (Å²) in [5.41, 5.74) is 0. The molecule has 0 unspecified atom stereocenters. The van der Waals surface area contributed by atoms with Gasteiger partial charge >= 0.3 is 0 Å². The molecule has 0 spiro atoms. The molecule has 5 heteroatoms. The second-order valence-electron chi connectivity index (χ2n) is 2.72. The summed E-state index contributed by atoms with van der Waals surface area (Å²) in [5.74, 6) is -0.0951. The van der Waals surface area contributed by atoms with Gasteiger partial charge in [-0.3, -0.25) is 9.78 Å². The Morgan fingerprint density at radius 2 is 2.36 bits per heavy atom. The number of pyridine rings is 1. The molecule has 0 aromatic carbocycles. The molecule has 1 N–H and O–H groups in total. The summed E-state index contributed by atoms with van der Waals surface area (Å²) < 4.78 is 0.927. The van der Waals surface area contributed by atoms with Crippen LogP contribution in [0.1, 0.15) is 9.67 Å². The molecule has 0 aliphatic heterocycles. The first-order valence-electron chi connectivity index (χ1n) is 3.97. The van der Waals surface area contributed by atoms with Gasteiger partial charge in [-0.1, -0.05) is 11.6 Å². The Morgan fingerprint density at radius 3 is 3.00 bits per heavy atom. The number of thiophene rings is 1. The van der Waals surface area contributed by atoms with Gasteiger partial charge in [0, 0.05) is 24.8 Å². The van der Waals surface area contributed by atoms with Crippen LogP contribution in [0, 0.1) is 0 Å². The number of nitrogens with zero attached hydrogens (tertiary/aromatic N) is 1. The van der Waals surface area contributed by atoms with Crippen LogP contribution in [0.5, 0.6) is 0 Å². The molecule has 0 saturated heterocycles. The fourth-order valence-corrected chi connectivity index (χ4v) is 2.43. The van der Waals surface area contributed by atoms with E-state index in [0.29, 0.717) is 9.90 Å². The topological polar surface area (TPSA) is 42.0 Å². The number of amides is 1. The van der Waals surface area contributed by atoms with Crippen molar-refractivity contribution in [2.75, 3.05) is 7.05 Å². The second-order valence-corrected chi connectivity index (χ2v) is 4.21. The van der Waals surface area contributed by atoms with Crippen molar-refractivity contribution in [1.29, 1.82) is 0 Å². The van der Waals surface area contributed by atoms with Crippen LogP contribution >= 0.6 is 22.9 Å². The second kappa shape index (κ2) is 3.55. The number of hydrogen-bond donors (Lipinski definition) is 1. The highest BCUT2D eigenvalue weighted by atomic mass is 35.5. The van der Waals surface area contributed by atoms with Gasteiger partial charge in [0.2, 0.25) is 0 Å². The number of carbonyl (C=O) groups excluding carboxylic acids is 1. The average Bonchev–Trinajstić information content (AvgIpc) is 2.62. The molecule has 0 bridgehead atoms. The van der Waals surface area contributed by atoms with Crippen molar-refractivity contribution in [1.82, 2.24) is 10.3 Å². The Hall–Kier alpha value is -1.13. The van der Waals surface area contributed by atoms with E-state index < -0.39 is 0 Å². The molecular formula is C9H7ClN2OS. The Labute approximate surface area is 89.7 Å². The van der Waals surface area contributed by atoms with Crippen LogP contribution in [0.15, 0.2) is 18.5 Å². The Balaban J connectivity index is 2.62. The number of carbonyl (C=O) groups is 1. The summed E-state index contributed by atoms with van der Waals surface area (Å²) in [5, 5.41) is 4.03. The van der Waals surface area contributed by atoms with Crippen molar-refractivity contribution >= 4 is 38.9 Å². The molecule has 0 radical (unpaired) electrons. The maximum absolute atomic E-state index is 11.3. The molecule has 72 valence electrons. The Kier molecular flexibility index (Phi) is 2.39. The van der Waals surface area contributed by atoms with Gasteiger partial charge in [-0.15, -0.1) is 11.3 Å². The molecule has 3 nitrogen and oxygen atoms in total. The summed E-state index contributed by atoms with van der Waals surface area (Å²) in [4.78, 5) is 15.9. The predicted octanol–water partition coefficient (Wildman–Crippen LogP) is 2.31. The maximum Gasteiger partial charge on any atom is 0.261 e. The predicted molar refractivity (Wildman–Crippen MR) is 58.0 cm³/mol. The zero-order valence-electron chi connectivity index (χ0n) is 7.37. The molecule has 14 heavy (non-hydrogen) atoms. The van der Waals surface area contributed by atoms with E-state index in [9.17, 15) is 4.79 Å². The van der Waals surface area contributed by atoms with Crippen molar-refractivity contribution in [3.05, 3.63) is 28.4 Å². The van der Waals surface area contributed by atoms with Crippen LogP contribution in [0.2, 0.25) is 5.02 Å². The van der Waals surface area contributed by atoms with E-state index in [0.717, 1.165) is 10.1 Å². The van der Waals surface area contributed by atoms with Crippen molar-refractivity contribution in [3.63, 3.8) is 0 Å². The zero-order chi connectivity index (χ0) is 10.1. The van der Waals surface area contributed by atoms with Crippen molar-refractivity contribution in [3.8, 4) is 0 Å². The van der Waals surface area contributed by atoms with Crippen molar-refractivity contribution in [2.45, 2.75) is 0 Å². The van der Waals surface area contributed by atoms with Gasteiger partial charge in [0.25, 0.3) is 5.91 Å². The minimum absolute atomic E-state index is 0.0951. The quantitative estimate of drug-likeness (QED) is 0.811. The monoisotopic (exact) mass is 226 g/mol. The number of nitrogens with one attached hydrogen (secondary N) is 1. The maximum atomic E-state index is 11.3. The molecule has 0 saturated carbocycles. The first kappa shape index (κ1) is 9.43. The van der Waals surface area contributed by atoms with E-state index in [1.807, 2.05) is 0 Å². The van der Waals surface area contributed by atoms with E-state index in [4.69, 9.17) is 11.6 Å². The normalized spacial score (nSPS) is 10.4. The summed E-state index contributed by atoms with van der Waals surface area (Å²) >= 11 is 7.32. The van der Waals surface area contributed by atoms with Gasteiger partial charge in [-0.2, -0.15) is 0 Å². The van der Waals surface area contributed by atoms with Gasteiger partial charge in [0.1, 0.15) is 0 Å². The average molecular weight is 227 g/mol. The van der Waals surface area contributed by atoms with Crippen LogP contribution in [0.25, 0.3) is 10.1 Å². The van der Waals surface area contributed by atoms with Gasteiger partial charge in [0.15, 0.2) is 0 Å². The standard InChI is InChI=1S/C9H7ClN2OS/c1-11-9(13)7-2-5-6(10)3-12-4-8(5)14-7/h2-4H,1H3,(H,11,13). The van der Waals surface area contributed by atoms with E-state index in [1.54, 1.807) is 25.5 Å². The first-order chi connectivity index (χ1) is 6.72. The molecule has 0 aliphatic carbocycles. The molecule has 2 rings (SSSR count). The fraction of sp³-hybridized carbons (Fsp3) is 0.111. The largest absolute Gasteiger partial charge is 0.354 e. The van der Waals surface area contributed by atoms with E-state index in [-0.39, 0.29) is 5.91 Å². The molecule has 0 atom stereocenters. The lowest BCUT2D eigenvalue weighted by molar-refractivity contribution is 0.0967. The number of halogens is 1. The van der Waals surface area contributed by atoms with Gasteiger partial charge < -0.3 is 5.32 Å². The molecule has 1 amide bonds. The van der Waals surface area contributed by atoms with Crippen molar-refractivity contribution in [2.24, 2.45) is 0 Å². The highest BCUT2D eigenvalue weighted by Gasteiger charge is 2.10. The zero-order valence-corrected chi connectivity index (χ0v) is 8.95. The van der Waals surface area contributed by atoms with Gasteiger partial charge in [0.05, 0.1) is 14.6 Å². The summed E-state index contributed by atoms with van der Waals surface area (Å²) in [6.45, 7) is 0. The van der Waals surface area contributed by atoms with Crippen LogP contribution < -0.4 is 5.32 Å². The molecule has 0 aliphatic rings. The highest BCUT2D eigenvalue weighted by Crippen LogP contribution is 2.29. The lowest BCUT2D eigenvalue weighted by atomic mass is 10.3. The van der Waals surface area contributed by atoms with E-state index in [2.05, 4.69) is 10.3 Å². The van der Waals surface area contributed by atoms with Crippen LogP contribution in [-0.2, 0) is 0 Å². The Bertz CT molecular complexity index is 495. The van der Waals surface area contributed by atoms with Crippen LogP contribution in [0.3, 0.4) is 0 Å². The highest BCUT2D eigenvalue weighted by molar-refractivity contribution is 7.20. The van der Waals surface area contributed by atoms with Crippen molar-refractivity contribution < 1.29 is 4.79 Å². The summed E-state index contributed by atoms with van der Waals surface area (Å²) in [7, 11) is 1.60. The summed E-state index contributed by atoms with van der Waals surface area (Å²) in [6.07, 6.45) is 3.28. The molecular weight excluding hydrogens is 220 g/mol. The lowest BCUT2D eigenvalue weighted by Gasteiger charge is -1.90. The number of rotatable bonds is 1. The smallest absolute Gasteiger partial charge is 0.261 e. The summed E-state index contributed by atoms with van der Waals surface area (Å²) in [6, 6.07) is 1.78. The minimum Gasteiger partial charge on any atom is -0.354 e. The van der Waals surface area contributed by atoms with E-state index in [1.165, 1.54) is 11.3 Å². The third-order valence-corrected chi connectivity index (χ3v) is 3.22. The Morgan fingerprint density at radius 1 is 1.57 bits per heavy atom. The molecule has 2 aromatic rings. The number of fused-ring (bicyclic) bond motifs is 1. The first-order valence-corrected chi connectivity index (χ1v) is 5.17. The third kappa shape index (κ3) is 1.47. The number of aromatic nitrogens is 1. The number of hydrogen-bond acceptors (Lipinski definition) is 3. The van der Waals surface area contributed by atoms with Gasteiger partial charge in [-0.25, -0.2) is 0 Å². The molecule has 2 aromatic heterocycles. The SMILES string of the molecule is CNC(=O)c1cc2c(Cl)cncc2s1. The minimum atomic E-state index is -0.0951. The van der Waals surface area contributed by atoms with Crippen LogP contribution in [-0.4, -0.2) is 17.9 Å².